The number of fused-ring (bicyclic) bond motifs is 4. The molecule has 0 aromatic heterocycles. The van der Waals surface area contributed by atoms with Crippen LogP contribution in [0.1, 0.15) is 72.1 Å². The van der Waals surface area contributed by atoms with E-state index in [-0.39, 0.29) is 22.9 Å². The summed E-state index contributed by atoms with van der Waals surface area (Å²) >= 11 is 0. The first kappa shape index (κ1) is 15.4. The van der Waals surface area contributed by atoms with Crippen molar-refractivity contribution in [2.24, 2.45) is 39.9 Å². The van der Waals surface area contributed by atoms with E-state index in [1.165, 1.54) is 25.7 Å². The molecule has 24 heavy (non-hydrogen) atoms. The molecule has 8 atom stereocenters. The Kier molecular flexibility index (Phi) is 2.86. The van der Waals surface area contributed by atoms with E-state index in [0.717, 1.165) is 37.5 Å². The molecule has 0 aromatic rings. The van der Waals surface area contributed by atoms with Crippen molar-refractivity contribution >= 4 is 11.8 Å². The van der Waals surface area contributed by atoms with Gasteiger partial charge in [-0.05, 0) is 74.0 Å². The van der Waals surface area contributed by atoms with Crippen LogP contribution in [0.5, 0.6) is 0 Å². The quantitative estimate of drug-likeness (QED) is 0.679. The van der Waals surface area contributed by atoms with Crippen molar-refractivity contribution in [2.45, 2.75) is 78.2 Å². The van der Waals surface area contributed by atoms with Gasteiger partial charge in [-0.3, -0.25) is 9.59 Å². The van der Waals surface area contributed by atoms with Crippen LogP contribution in [-0.2, 0) is 14.3 Å². The lowest BCUT2D eigenvalue weighted by Gasteiger charge is -2.59. The van der Waals surface area contributed by atoms with Gasteiger partial charge >= 0.3 is 5.97 Å². The number of Topliss-reactive ketones (excluding diaryl/α,β-unsaturated/α-hetero) is 1. The summed E-state index contributed by atoms with van der Waals surface area (Å²) in [4.78, 5) is 24.3. The van der Waals surface area contributed by atoms with E-state index in [1.807, 2.05) is 0 Å². The molecule has 0 radical (unpaired) electrons. The molecule has 0 unspecified atom stereocenters. The van der Waals surface area contributed by atoms with Crippen LogP contribution in [0, 0.1) is 39.9 Å². The monoisotopic (exact) mass is 330 g/mol. The van der Waals surface area contributed by atoms with Crippen molar-refractivity contribution in [3.63, 3.8) is 0 Å². The minimum absolute atomic E-state index is 0.0929. The lowest BCUT2D eigenvalue weighted by Crippen LogP contribution is -2.57. The Hall–Kier alpha value is -0.860. The Balaban J connectivity index is 1.55. The van der Waals surface area contributed by atoms with Crippen LogP contribution in [0.3, 0.4) is 0 Å². The third-order valence-corrected chi connectivity index (χ3v) is 9.56. The maximum Gasteiger partial charge on any atom is 0.302 e. The summed E-state index contributed by atoms with van der Waals surface area (Å²) in [5, 5.41) is 0. The highest BCUT2D eigenvalue weighted by atomic mass is 16.5. The van der Waals surface area contributed by atoms with Crippen molar-refractivity contribution in [3.05, 3.63) is 0 Å². The Bertz CT molecular complexity index is 627. The van der Waals surface area contributed by atoms with Crippen LogP contribution in [0.25, 0.3) is 0 Å². The van der Waals surface area contributed by atoms with E-state index < -0.39 is 0 Å². The molecule has 3 heteroatoms. The predicted octanol–water partition coefficient (Wildman–Crippen LogP) is 4.14. The van der Waals surface area contributed by atoms with E-state index >= 15 is 0 Å². The van der Waals surface area contributed by atoms with Gasteiger partial charge in [-0.2, -0.15) is 0 Å². The molecule has 0 amide bonds. The molecule has 5 fully saturated rings. The fourth-order valence-electron chi connectivity index (χ4n) is 8.40. The van der Waals surface area contributed by atoms with Crippen LogP contribution >= 0.6 is 0 Å². The minimum atomic E-state index is -0.117. The summed E-state index contributed by atoms with van der Waals surface area (Å²) in [5.74, 6) is 3.00. The van der Waals surface area contributed by atoms with Gasteiger partial charge < -0.3 is 4.74 Å². The van der Waals surface area contributed by atoms with Crippen molar-refractivity contribution in [3.8, 4) is 0 Å². The molecule has 5 aliphatic carbocycles. The van der Waals surface area contributed by atoms with Gasteiger partial charge in [-0.15, -0.1) is 0 Å². The number of rotatable bonds is 1. The first-order valence-electron chi connectivity index (χ1n) is 10.0. The van der Waals surface area contributed by atoms with Crippen LogP contribution in [0.2, 0.25) is 0 Å². The van der Waals surface area contributed by atoms with Gasteiger partial charge in [0, 0.05) is 24.2 Å². The molecule has 5 saturated carbocycles. The Labute approximate surface area is 144 Å². The van der Waals surface area contributed by atoms with E-state index in [2.05, 4.69) is 13.8 Å². The summed E-state index contributed by atoms with van der Waals surface area (Å²) < 4.78 is 5.95. The lowest BCUT2D eigenvalue weighted by molar-refractivity contribution is -0.180. The molecule has 5 aliphatic rings. The van der Waals surface area contributed by atoms with Gasteiger partial charge in [0.05, 0.1) is 0 Å². The molecule has 3 nitrogen and oxygen atoms in total. The van der Waals surface area contributed by atoms with Crippen molar-refractivity contribution in [2.75, 3.05) is 0 Å². The Morgan fingerprint density at radius 1 is 1.12 bits per heavy atom. The van der Waals surface area contributed by atoms with Crippen molar-refractivity contribution in [1.82, 2.24) is 0 Å². The third-order valence-electron chi connectivity index (χ3n) is 9.56. The molecule has 1 spiro atoms. The Morgan fingerprint density at radius 2 is 1.92 bits per heavy atom. The molecule has 5 rings (SSSR count). The molecule has 0 heterocycles. The van der Waals surface area contributed by atoms with E-state index in [1.54, 1.807) is 6.92 Å². The number of ether oxygens (including phenoxy) is 1. The van der Waals surface area contributed by atoms with Crippen molar-refractivity contribution < 1.29 is 14.3 Å². The summed E-state index contributed by atoms with van der Waals surface area (Å²) in [6, 6.07) is 0. The number of carbonyl (C=O) groups is 2. The molecule has 0 N–H and O–H groups in total. The second-order valence-electron chi connectivity index (χ2n) is 10.0. The number of hydrogen-bond acceptors (Lipinski definition) is 3. The number of hydrogen-bond donors (Lipinski definition) is 0. The Morgan fingerprint density at radius 3 is 2.62 bits per heavy atom. The van der Waals surface area contributed by atoms with Crippen LogP contribution < -0.4 is 0 Å². The zero-order valence-corrected chi connectivity index (χ0v) is 15.3. The summed E-state index contributed by atoms with van der Waals surface area (Å²) in [7, 11) is 0. The first-order valence-corrected chi connectivity index (χ1v) is 10.0. The zero-order chi connectivity index (χ0) is 16.9. The average Bonchev–Trinajstić information content (AvgIpc) is 3.08. The van der Waals surface area contributed by atoms with E-state index in [0.29, 0.717) is 23.0 Å². The minimum Gasteiger partial charge on any atom is -0.462 e. The van der Waals surface area contributed by atoms with E-state index in [4.69, 9.17) is 4.74 Å². The SMILES string of the molecule is CC(=O)O[C@@H]1C[C@H]2[C@@H]3CCC(=O)[C@@]3(C)CC[C@@H]2[C@@]2(C)CC[C@@H]3C[C@]312. The molecule has 0 saturated heterocycles. The number of carbonyl (C=O) groups excluding carboxylic acids is 2. The van der Waals surface area contributed by atoms with Crippen LogP contribution in [0.15, 0.2) is 0 Å². The van der Waals surface area contributed by atoms with Crippen molar-refractivity contribution in [1.29, 1.82) is 0 Å². The topological polar surface area (TPSA) is 43.4 Å². The standard InChI is InChI=1S/C21H30O3/c1-12(22)24-18-10-14-15-4-5-17(23)19(15,2)8-7-16(14)20(3)9-6-13-11-21(13,18)20/h13-16,18H,4-11H2,1-3H3/t13-,14+,15+,16+,18-,19+,20-,21+/m1/s1. The second kappa shape index (κ2) is 4.45. The summed E-state index contributed by atoms with van der Waals surface area (Å²) in [5.41, 5.74) is 0.508. The fraction of sp³-hybridized carbons (Fsp3) is 0.905. The smallest absolute Gasteiger partial charge is 0.302 e. The van der Waals surface area contributed by atoms with Crippen LogP contribution in [-0.4, -0.2) is 17.9 Å². The number of esters is 1. The average molecular weight is 330 g/mol. The third kappa shape index (κ3) is 1.56. The second-order valence-corrected chi connectivity index (χ2v) is 10.0. The molecule has 0 bridgehead atoms. The van der Waals surface area contributed by atoms with Gasteiger partial charge in [0.25, 0.3) is 0 Å². The molecule has 0 aromatic carbocycles. The van der Waals surface area contributed by atoms with Crippen LogP contribution in [0.4, 0.5) is 0 Å². The van der Waals surface area contributed by atoms with E-state index in [9.17, 15) is 9.59 Å². The van der Waals surface area contributed by atoms with Gasteiger partial charge in [0.15, 0.2) is 0 Å². The predicted molar refractivity (Wildman–Crippen MR) is 90.1 cm³/mol. The normalized spacial score (nSPS) is 57.6. The van der Waals surface area contributed by atoms with Gasteiger partial charge in [-0.25, -0.2) is 0 Å². The largest absolute Gasteiger partial charge is 0.462 e. The number of ketones is 1. The molecule has 132 valence electrons. The maximum absolute atomic E-state index is 12.6. The lowest BCUT2D eigenvalue weighted by atomic mass is 9.46. The summed E-state index contributed by atoms with van der Waals surface area (Å²) in [6.45, 7) is 6.30. The fourth-order valence-corrected chi connectivity index (χ4v) is 8.40. The molecule has 0 aliphatic heterocycles. The maximum atomic E-state index is 12.6. The van der Waals surface area contributed by atoms with Gasteiger partial charge in [-0.1, -0.05) is 13.8 Å². The first-order chi connectivity index (χ1) is 11.3. The van der Waals surface area contributed by atoms with Gasteiger partial charge in [0.1, 0.15) is 11.9 Å². The highest BCUT2D eigenvalue weighted by Crippen LogP contribution is 2.81. The molecular formula is C21H30O3. The molecular weight excluding hydrogens is 300 g/mol. The highest BCUT2D eigenvalue weighted by molar-refractivity contribution is 5.87. The van der Waals surface area contributed by atoms with Gasteiger partial charge in [0.2, 0.25) is 0 Å². The zero-order valence-electron chi connectivity index (χ0n) is 15.3. The summed E-state index contributed by atoms with van der Waals surface area (Å²) in [6.07, 6.45) is 9.14. The highest BCUT2D eigenvalue weighted by Gasteiger charge is 2.78.